The maximum Gasteiger partial charge on any atom is 0.0123 e. The lowest BCUT2D eigenvalue weighted by molar-refractivity contribution is -0.0904. The Morgan fingerprint density at radius 1 is 0.328 bits per heavy atom. The van der Waals surface area contributed by atoms with Gasteiger partial charge in [-0.25, -0.2) is 0 Å². The van der Waals surface area contributed by atoms with Crippen LogP contribution >= 0.6 is 23.5 Å². The van der Waals surface area contributed by atoms with Crippen LogP contribution in [-0.4, -0.2) is 44.0 Å². The van der Waals surface area contributed by atoms with E-state index in [-0.39, 0.29) is 0 Å². The number of hydrogen-bond donors (Lipinski definition) is 0. The summed E-state index contributed by atoms with van der Waals surface area (Å²) in [5.41, 5.74) is 0.730. The summed E-state index contributed by atoms with van der Waals surface area (Å²) in [6.45, 7) is 0. The first-order chi connectivity index (χ1) is 28.8. The summed E-state index contributed by atoms with van der Waals surface area (Å²) in [5, 5.41) is 4.19. The van der Waals surface area contributed by atoms with Crippen LogP contribution in [-0.2, 0) is 0 Å². The molecule has 3 heteroatoms. The third kappa shape index (κ3) is 6.80. The van der Waals surface area contributed by atoms with Gasteiger partial charge in [-0.05, 0) is 211 Å². The summed E-state index contributed by atoms with van der Waals surface area (Å²) in [6.07, 6.45) is 55.3. The van der Waals surface area contributed by atoms with Gasteiger partial charge in [-0.1, -0.05) is 89.9 Å². The predicted molar refractivity (Wildman–Crippen MR) is 249 cm³/mol. The molecule has 0 radical (unpaired) electrons. The van der Waals surface area contributed by atoms with E-state index in [2.05, 4.69) is 28.4 Å². The van der Waals surface area contributed by atoms with Crippen molar-refractivity contribution in [2.24, 2.45) is 76.4 Å². The van der Waals surface area contributed by atoms with Crippen LogP contribution in [0.5, 0.6) is 0 Å². The smallest absolute Gasteiger partial charge is 0.0123 e. The minimum Gasteiger partial charge on any atom is -0.294 e. The van der Waals surface area contributed by atoms with Crippen LogP contribution in [0.3, 0.4) is 0 Å². The highest BCUT2D eigenvalue weighted by Gasteiger charge is 2.66. The van der Waals surface area contributed by atoms with E-state index in [1.54, 1.807) is 199 Å². The van der Waals surface area contributed by atoms with E-state index >= 15 is 0 Å². The fraction of sp³-hybridized carbons (Fsp3) is 1.00. The molecule has 12 fully saturated rings. The Labute approximate surface area is 366 Å². The Balaban J connectivity index is 0.787. The molecule has 0 bridgehead atoms. The van der Waals surface area contributed by atoms with E-state index in [1.165, 1.54) is 25.7 Å². The number of hydrogen-bond acceptors (Lipinski definition) is 3. The lowest BCUT2D eigenvalue weighted by Gasteiger charge is -2.58. The fourth-order valence-corrected chi connectivity index (χ4v) is 25.8. The van der Waals surface area contributed by atoms with Gasteiger partial charge in [0.25, 0.3) is 0 Å². The molecule has 58 heavy (non-hydrogen) atoms. The van der Waals surface area contributed by atoms with Crippen molar-refractivity contribution in [1.82, 2.24) is 4.90 Å². The molecule has 326 valence electrons. The maximum absolute atomic E-state index is 3.46. The number of fused-ring (bicyclic) bond motifs is 10. The van der Waals surface area contributed by atoms with Gasteiger partial charge in [0.2, 0.25) is 0 Å². The van der Waals surface area contributed by atoms with Crippen LogP contribution in [0.2, 0.25) is 0 Å². The molecule has 0 aromatic carbocycles. The van der Waals surface area contributed by atoms with Crippen LogP contribution in [0.4, 0.5) is 0 Å². The lowest BCUT2D eigenvalue weighted by atomic mass is 9.48. The van der Waals surface area contributed by atoms with Gasteiger partial charge in [0.1, 0.15) is 0 Å². The molecule has 14 unspecified atom stereocenters. The quantitative estimate of drug-likeness (QED) is 0.263. The second-order valence-electron chi connectivity index (χ2n) is 24.6. The van der Waals surface area contributed by atoms with Crippen molar-refractivity contribution in [2.75, 3.05) is 0 Å². The van der Waals surface area contributed by atoms with Gasteiger partial charge < -0.3 is 0 Å². The van der Waals surface area contributed by atoms with Gasteiger partial charge in [0.05, 0.1) is 0 Å². The Kier molecular flexibility index (Phi) is 11.9. The molecule has 14 atom stereocenters. The van der Waals surface area contributed by atoms with Gasteiger partial charge in [-0.15, -0.1) is 0 Å². The zero-order chi connectivity index (χ0) is 38.2. The van der Waals surface area contributed by atoms with Crippen LogP contribution in [0.25, 0.3) is 0 Å². The van der Waals surface area contributed by atoms with E-state index in [0.29, 0.717) is 0 Å². The summed E-state index contributed by atoms with van der Waals surface area (Å²) in [4.78, 5) is 3.46. The van der Waals surface area contributed by atoms with Crippen molar-refractivity contribution in [3.63, 3.8) is 0 Å². The predicted octanol–water partition coefficient (Wildman–Crippen LogP) is 15.5. The average molecular weight is 828 g/mol. The third-order valence-corrected chi connectivity index (χ3v) is 26.6. The molecular formula is C55H89NS2. The van der Waals surface area contributed by atoms with E-state index in [1.807, 2.05) is 0 Å². The van der Waals surface area contributed by atoms with Crippen LogP contribution in [0, 0.1) is 76.4 Å². The number of nitrogens with zero attached hydrogens (tertiary/aromatic N) is 1. The van der Waals surface area contributed by atoms with E-state index in [9.17, 15) is 0 Å². The topological polar surface area (TPSA) is 3.24 Å². The highest BCUT2D eigenvalue weighted by Crippen LogP contribution is 2.72. The Hall–Kier alpha value is 0.660. The first-order valence-corrected chi connectivity index (χ1v) is 29.7. The molecule has 12 aliphatic rings. The molecule has 10 saturated carbocycles. The molecule has 12 rings (SSSR count). The van der Waals surface area contributed by atoms with Gasteiger partial charge in [-0.2, -0.15) is 23.5 Å². The number of rotatable bonds is 6. The van der Waals surface area contributed by atoms with Crippen molar-refractivity contribution >= 4 is 23.5 Å². The third-order valence-electron chi connectivity index (χ3n) is 22.7. The molecular weight excluding hydrogens is 739 g/mol. The van der Waals surface area contributed by atoms with Crippen molar-refractivity contribution in [3.05, 3.63) is 0 Å². The highest BCUT2D eigenvalue weighted by atomic mass is 32.2. The second kappa shape index (κ2) is 17.2. The van der Waals surface area contributed by atoms with Crippen molar-refractivity contribution < 1.29 is 0 Å². The molecule has 0 spiro atoms. The minimum absolute atomic E-state index is 0.730. The van der Waals surface area contributed by atoms with E-state index in [4.69, 9.17) is 0 Å². The largest absolute Gasteiger partial charge is 0.294 e. The molecule has 1 nitrogen and oxygen atoms in total. The normalized spacial score (nSPS) is 50.0. The van der Waals surface area contributed by atoms with Crippen LogP contribution in [0.1, 0.15) is 225 Å². The van der Waals surface area contributed by atoms with Gasteiger partial charge >= 0.3 is 0 Å². The highest BCUT2D eigenvalue weighted by molar-refractivity contribution is 8.02. The van der Waals surface area contributed by atoms with E-state index in [0.717, 1.165) is 116 Å². The summed E-state index contributed by atoms with van der Waals surface area (Å²) >= 11 is 5.20. The zero-order valence-electron chi connectivity index (χ0n) is 37.5. The number of thioether (sulfide) groups is 2. The molecule has 2 heterocycles. The molecule has 2 saturated heterocycles. The molecule has 10 aliphatic carbocycles. The van der Waals surface area contributed by atoms with Crippen LogP contribution in [0.15, 0.2) is 0 Å². The van der Waals surface area contributed by atoms with Gasteiger partial charge in [0, 0.05) is 39.1 Å². The van der Waals surface area contributed by atoms with Gasteiger partial charge in [-0.3, -0.25) is 4.90 Å². The summed E-state index contributed by atoms with van der Waals surface area (Å²) in [6, 6.07) is 2.76. The van der Waals surface area contributed by atoms with E-state index < -0.39 is 0 Å². The minimum atomic E-state index is 0.730. The monoisotopic (exact) mass is 828 g/mol. The molecule has 0 aromatic heterocycles. The van der Waals surface area contributed by atoms with Crippen molar-refractivity contribution in [3.8, 4) is 0 Å². The molecule has 0 N–H and O–H groups in total. The Morgan fingerprint density at radius 2 is 0.879 bits per heavy atom. The van der Waals surface area contributed by atoms with Crippen molar-refractivity contribution in [1.29, 1.82) is 0 Å². The van der Waals surface area contributed by atoms with Crippen molar-refractivity contribution in [2.45, 2.75) is 264 Å². The first kappa shape index (κ1) is 40.2. The molecule has 2 aliphatic heterocycles. The Morgan fingerprint density at radius 3 is 1.64 bits per heavy atom. The average Bonchev–Trinajstić information content (AvgIpc) is 3.96. The van der Waals surface area contributed by atoms with Crippen LogP contribution < -0.4 is 0 Å². The second-order valence-corrected chi connectivity index (χ2v) is 27.4. The maximum atomic E-state index is 3.46. The SMILES string of the molecule is C1CCC(N(C2CCC(C3CCCC4C5CCC6SC7CCCCC7C6C5SC34)CC2)C2CCC3C4CCCCC4C(C4CCCCC4)(C4CCCCC4)C3C2)CC1. The zero-order valence-corrected chi connectivity index (χ0v) is 39.1. The molecule has 0 amide bonds. The fourth-order valence-electron chi connectivity index (χ4n) is 21.0. The summed E-state index contributed by atoms with van der Waals surface area (Å²) < 4.78 is 0. The first-order valence-electron chi connectivity index (χ1n) is 27.9. The summed E-state index contributed by atoms with van der Waals surface area (Å²) in [7, 11) is 0. The Bertz CT molecular complexity index is 1350. The standard InChI is InChI=1S/C55H89NS2/c1-4-15-37(16-5-1)55(38-17-6-2-7-18-38)48-25-12-10-21-43(48)44-32-31-41(35-49(44)55)56(39-19-8-3-9-20-39)40-29-27-36(28-30-40)42-23-14-24-45-46-33-34-51-52(54(46)58-53(42)45)47-22-11-13-26-50(47)57-51/h36-54H,1-35H2. The lowest BCUT2D eigenvalue weighted by Crippen LogP contribution is -2.56. The molecule has 0 aromatic rings. The summed E-state index contributed by atoms with van der Waals surface area (Å²) in [5.74, 6) is 13.1. The van der Waals surface area contributed by atoms with Gasteiger partial charge in [0.15, 0.2) is 0 Å².